The zero-order chi connectivity index (χ0) is 25.3. The van der Waals surface area contributed by atoms with Crippen LogP contribution >= 0.6 is 0 Å². The van der Waals surface area contributed by atoms with Crippen LogP contribution in [0.3, 0.4) is 0 Å². The highest BCUT2D eigenvalue weighted by Gasteiger charge is 2.27. The third-order valence-electron chi connectivity index (χ3n) is 6.37. The fourth-order valence-electron chi connectivity index (χ4n) is 4.50. The lowest BCUT2D eigenvalue weighted by molar-refractivity contribution is 0.0959. The van der Waals surface area contributed by atoms with E-state index in [1.54, 1.807) is 10.9 Å². The number of nitrogens with zero attached hydrogens (tertiary/aromatic N) is 7. The SMILES string of the molecule is Cn1cc(Nc2ncnc(-c3ccc4c(c3)CCCC[C@H]4CC(=O)c3noc(C(C)(C)C)n3)n2)cn1. The maximum absolute atomic E-state index is 13.0. The molecule has 186 valence electrons. The Morgan fingerprint density at radius 1 is 1.19 bits per heavy atom. The molecule has 10 heteroatoms. The fourth-order valence-corrected chi connectivity index (χ4v) is 4.50. The van der Waals surface area contributed by atoms with Crippen molar-refractivity contribution in [2.24, 2.45) is 7.05 Å². The summed E-state index contributed by atoms with van der Waals surface area (Å²) in [6, 6.07) is 6.28. The Hall–Kier alpha value is -3.95. The highest BCUT2D eigenvalue weighted by atomic mass is 16.5. The number of carbonyl (C=O) groups is 1. The van der Waals surface area contributed by atoms with E-state index in [9.17, 15) is 4.79 Å². The molecule has 0 radical (unpaired) electrons. The topological polar surface area (TPSA) is 125 Å². The van der Waals surface area contributed by atoms with Crippen LogP contribution in [-0.2, 0) is 18.9 Å². The van der Waals surface area contributed by atoms with Gasteiger partial charge in [0.15, 0.2) is 5.82 Å². The Morgan fingerprint density at radius 3 is 2.81 bits per heavy atom. The molecule has 1 aliphatic rings. The number of nitrogens with one attached hydrogen (secondary N) is 1. The van der Waals surface area contributed by atoms with Crippen molar-refractivity contribution < 1.29 is 9.32 Å². The van der Waals surface area contributed by atoms with E-state index in [1.807, 2.05) is 40.1 Å². The standard InChI is InChI=1S/C26H30N8O2/c1-26(2,3)24-31-23(33-36-24)21(35)12-17-8-6-5-7-16-11-18(9-10-20(16)17)22-27-15-28-25(32-22)30-19-13-29-34(4)14-19/h9-11,13-15,17H,5-8,12H2,1-4H3,(H,27,28,30,32)/t17-/m0/s1. The van der Waals surface area contributed by atoms with E-state index in [4.69, 9.17) is 4.52 Å². The first-order chi connectivity index (χ1) is 17.3. The van der Waals surface area contributed by atoms with Crippen LogP contribution in [0.15, 0.2) is 41.4 Å². The van der Waals surface area contributed by atoms with Crippen LogP contribution in [0.1, 0.15) is 80.0 Å². The van der Waals surface area contributed by atoms with Gasteiger partial charge in [0.2, 0.25) is 23.4 Å². The van der Waals surface area contributed by atoms with Gasteiger partial charge in [-0.3, -0.25) is 9.48 Å². The zero-order valence-electron chi connectivity index (χ0n) is 21.0. The largest absolute Gasteiger partial charge is 0.338 e. The van der Waals surface area contributed by atoms with Gasteiger partial charge >= 0.3 is 0 Å². The van der Waals surface area contributed by atoms with Crippen molar-refractivity contribution in [1.82, 2.24) is 34.9 Å². The average molecular weight is 487 g/mol. The predicted molar refractivity (Wildman–Crippen MR) is 134 cm³/mol. The number of aryl methyl sites for hydroxylation is 2. The van der Waals surface area contributed by atoms with E-state index >= 15 is 0 Å². The van der Waals surface area contributed by atoms with E-state index in [0.29, 0.717) is 24.1 Å². The van der Waals surface area contributed by atoms with Gasteiger partial charge in [0.05, 0.1) is 11.9 Å². The number of hydrogen-bond donors (Lipinski definition) is 1. The van der Waals surface area contributed by atoms with Gasteiger partial charge < -0.3 is 9.84 Å². The first-order valence-electron chi connectivity index (χ1n) is 12.2. The number of hydrogen-bond acceptors (Lipinski definition) is 9. The minimum atomic E-state index is -0.292. The van der Waals surface area contributed by atoms with Gasteiger partial charge in [-0.15, -0.1) is 0 Å². The smallest absolute Gasteiger partial charge is 0.238 e. The maximum Gasteiger partial charge on any atom is 0.238 e. The molecule has 0 unspecified atom stereocenters. The summed E-state index contributed by atoms with van der Waals surface area (Å²) in [6.45, 7) is 5.95. The Kier molecular flexibility index (Phi) is 6.34. The van der Waals surface area contributed by atoms with Gasteiger partial charge in [-0.25, -0.2) is 9.97 Å². The summed E-state index contributed by atoms with van der Waals surface area (Å²) >= 11 is 0. The van der Waals surface area contributed by atoms with E-state index < -0.39 is 0 Å². The summed E-state index contributed by atoms with van der Waals surface area (Å²) in [4.78, 5) is 30.6. The second kappa shape index (κ2) is 9.60. The van der Waals surface area contributed by atoms with Gasteiger partial charge in [0.1, 0.15) is 6.33 Å². The third kappa shape index (κ3) is 5.17. The van der Waals surface area contributed by atoms with Crippen LogP contribution in [0.4, 0.5) is 11.6 Å². The normalized spacial score (nSPS) is 15.8. The highest BCUT2D eigenvalue weighted by Crippen LogP contribution is 2.35. The molecule has 4 aromatic rings. The Bertz CT molecular complexity index is 1380. The van der Waals surface area contributed by atoms with E-state index in [-0.39, 0.29) is 22.9 Å². The molecule has 0 saturated carbocycles. The summed E-state index contributed by atoms with van der Waals surface area (Å²) in [6.07, 6.45) is 9.47. The molecule has 5 rings (SSSR count). The van der Waals surface area contributed by atoms with Crippen molar-refractivity contribution in [3.8, 4) is 11.4 Å². The van der Waals surface area contributed by atoms with E-state index in [1.165, 1.54) is 17.5 Å². The van der Waals surface area contributed by atoms with Crippen LogP contribution in [0.5, 0.6) is 0 Å². The van der Waals surface area contributed by atoms with Crippen molar-refractivity contribution in [2.45, 2.75) is 64.2 Å². The molecule has 0 bridgehead atoms. The van der Waals surface area contributed by atoms with Gasteiger partial charge in [-0.1, -0.05) is 44.5 Å². The second-order valence-corrected chi connectivity index (χ2v) is 10.3. The van der Waals surface area contributed by atoms with Gasteiger partial charge in [-0.2, -0.15) is 15.1 Å². The Morgan fingerprint density at radius 2 is 2.06 bits per heavy atom. The third-order valence-corrected chi connectivity index (χ3v) is 6.37. The van der Waals surface area contributed by atoms with E-state index in [2.05, 4.69) is 47.6 Å². The summed E-state index contributed by atoms with van der Waals surface area (Å²) in [7, 11) is 1.85. The minimum absolute atomic E-state index is 0.0836. The lowest BCUT2D eigenvalue weighted by Crippen LogP contribution is -2.13. The number of Topliss-reactive ketones (excluding diaryl/α,β-unsaturated/α-hetero) is 1. The number of rotatable bonds is 6. The van der Waals surface area contributed by atoms with Crippen LogP contribution in [-0.4, -0.2) is 40.7 Å². The molecule has 36 heavy (non-hydrogen) atoms. The number of carbonyl (C=O) groups excluding carboxylic acids is 1. The van der Waals surface area contributed by atoms with Crippen LogP contribution < -0.4 is 5.32 Å². The van der Waals surface area contributed by atoms with Crippen molar-refractivity contribution >= 4 is 17.4 Å². The Labute approximate surface area is 209 Å². The van der Waals surface area contributed by atoms with Gasteiger partial charge in [0.25, 0.3) is 0 Å². The maximum atomic E-state index is 13.0. The fraction of sp³-hybridized carbons (Fsp3) is 0.423. The molecule has 0 aliphatic heterocycles. The van der Waals surface area contributed by atoms with Gasteiger partial charge in [-0.05, 0) is 42.4 Å². The number of benzene rings is 1. The number of aromatic nitrogens is 7. The first-order valence-corrected chi connectivity index (χ1v) is 12.2. The molecule has 0 amide bonds. The molecular weight excluding hydrogens is 456 g/mol. The van der Waals surface area contributed by atoms with Crippen molar-refractivity contribution in [3.05, 3.63) is 59.8 Å². The first kappa shape index (κ1) is 23.8. The second-order valence-electron chi connectivity index (χ2n) is 10.3. The zero-order valence-corrected chi connectivity index (χ0v) is 21.0. The van der Waals surface area contributed by atoms with Crippen molar-refractivity contribution in [1.29, 1.82) is 0 Å². The molecule has 10 nitrogen and oxygen atoms in total. The van der Waals surface area contributed by atoms with Crippen LogP contribution in [0, 0.1) is 0 Å². The van der Waals surface area contributed by atoms with Crippen LogP contribution in [0.25, 0.3) is 11.4 Å². The summed E-state index contributed by atoms with van der Waals surface area (Å²) in [5, 5.41) is 11.3. The molecule has 0 spiro atoms. The van der Waals surface area contributed by atoms with E-state index in [0.717, 1.165) is 36.9 Å². The number of anilines is 2. The monoisotopic (exact) mass is 486 g/mol. The highest BCUT2D eigenvalue weighted by molar-refractivity contribution is 5.93. The quantitative estimate of drug-likeness (QED) is 0.303. The molecule has 0 saturated heterocycles. The Balaban J connectivity index is 1.36. The number of fused-ring (bicyclic) bond motifs is 1. The molecular formula is C26H30N8O2. The van der Waals surface area contributed by atoms with Crippen molar-refractivity contribution in [2.75, 3.05) is 5.32 Å². The van der Waals surface area contributed by atoms with Crippen LogP contribution in [0.2, 0.25) is 0 Å². The van der Waals surface area contributed by atoms with Crippen molar-refractivity contribution in [3.63, 3.8) is 0 Å². The minimum Gasteiger partial charge on any atom is -0.338 e. The predicted octanol–water partition coefficient (Wildman–Crippen LogP) is 4.78. The lowest BCUT2D eigenvalue weighted by atomic mass is 9.87. The molecule has 1 atom stereocenters. The summed E-state index contributed by atoms with van der Waals surface area (Å²) < 4.78 is 7.04. The number of ketones is 1. The molecule has 3 aromatic heterocycles. The molecule has 1 N–H and O–H groups in total. The summed E-state index contributed by atoms with van der Waals surface area (Å²) in [5.74, 6) is 1.73. The molecule has 3 heterocycles. The molecule has 1 aliphatic carbocycles. The molecule has 1 aromatic carbocycles. The summed E-state index contributed by atoms with van der Waals surface area (Å²) in [5.41, 5.74) is 3.87. The average Bonchev–Trinajstić information content (AvgIpc) is 3.46. The van der Waals surface area contributed by atoms with Gasteiger partial charge in [0, 0.05) is 30.6 Å². The lowest BCUT2D eigenvalue weighted by Gasteiger charge is -2.17. The molecule has 0 fully saturated rings.